The molecule has 2 aromatic heterocycles. The second kappa shape index (κ2) is 8.55. The maximum absolute atomic E-state index is 12.0. The van der Waals surface area contributed by atoms with Gasteiger partial charge in [0, 0.05) is 18.0 Å². The maximum Gasteiger partial charge on any atom is 0.230 e. The quantitative estimate of drug-likeness (QED) is 0.550. The molecule has 0 fully saturated rings. The monoisotopic (exact) mass is 421 g/mol. The topological polar surface area (TPSA) is 84.1 Å². The first-order chi connectivity index (χ1) is 13.1. The zero-order valence-electron chi connectivity index (χ0n) is 17.5. The van der Waals surface area contributed by atoms with Gasteiger partial charge in [0.1, 0.15) is 10.6 Å². The highest BCUT2D eigenvalue weighted by molar-refractivity contribution is 7.99. The Balaban J connectivity index is 1.71. The van der Waals surface area contributed by atoms with Crippen molar-refractivity contribution in [2.75, 3.05) is 38.7 Å². The van der Waals surface area contributed by atoms with Crippen LogP contribution in [0.5, 0.6) is 0 Å². The molecule has 1 amide bonds. The molecule has 3 N–H and O–H groups in total. The molecule has 2 heterocycles. The Morgan fingerprint density at radius 1 is 1.36 bits per heavy atom. The third-order valence-electron chi connectivity index (χ3n) is 5.35. The Labute approximate surface area is 175 Å². The number of hydrogen-bond donors (Lipinski definition) is 2. The number of nitrogens with one attached hydrogen (secondary N) is 1. The van der Waals surface area contributed by atoms with Crippen molar-refractivity contribution in [2.45, 2.75) is 45.2 Å². The Hall–Kier alpha value is -1.38. The molecule has 0 bridgehead atoms. The first kappa shape index (κ1) is 21.3. The van der Waals surface area contributed by atoms with Crippen LogP contribution in [0.1, 0.15) is 37.6 Å². The molecule has 0 aromatic carbocycles. The molecule has 6 nitrogen and oxygen atoms in total. The predicted molar refractivity (Wildman–Crippen MR) is 119 cm³/mol. The van der Waals surface area contributed by atoms with Gasteiger partial charge in [-0.3, -0.25) is 4.79 Å². The zero-order valence-corrected chi connectivity index (χ0v) is 19.1. The number of nitrogen functional groups attached to an aromatic ring is 1. The van der Waals surface area contributed by atoms with Gasteiger partial charge >= 0.3 is 0 Å². The number of anilines is 1. The van der Waals surface area contributed by atoms with Crippen LogP contribution in [0.15, 0.2) is 5.16 Å². The van der Waals surface area contributed by atoms with Gasteiger partial charge in [-0.2, -0.15) is 0 Å². The zero-order chi connectivity index (χ0) is 20.5. The SMILES string of the molecule is CN(C)CCNC(=O)CSc1nc(N)c2c3c(sc2n1)CC(C(C)(C)C)CC3. The minimum atomic E-state index is -0.00684. The minimum absolute atomic E-state index is 0.00684. The fraction of sp³-hybridized carbons (Fsp3) is 0.650. The summed E-state index contributed by atoms with van der Waals surface area (Å²) in [7, 11) is 3.97. The number of thioether (sulfide) groups is 1. The van der Waals surface area contributed by atoms with Crippen molar-refractivity contribution >= 4 is 45.0 Å². The Morgan fingerprint density at radius 2 is 2.11 bits per heavy atom. The summed E-state index contributed by atoms with van der Waals surface area (Å²) in [5, 5.41) is 4.53. The van der Waals surface area contributed by atoms with Gasteiger partial charge in [-0.1, -0.05) is 32.5 Å². The number of fused-ring (bicyclic) bond motifs is 3. The summed E-state index contributed by atoms with van der Waals surface area (Å²) in [6.07, 6.45) is 3.33. The van der Waals surface area contributed by atoms with Gasteiger partial charge in [0.2, 0.25) is 5.91 Å². The number of rotatable bonds is 6. The summed E-state index contributed by atoms with van der Waals surface area (Å²) in [6.45, 7) is 8.43. The molecule has 2 aromatic rings. The number of thiophene rings is 1. The van der Waals surface area contributed by atoms with Crippen LogP contribution in [-0.2, 0) is 17.6 Å². The highest BCUT2D eigenvalue weighted by atomic mass is 32.2. The van der Waals surface area contributed by atoms with Crippen molar-refractivity contribution in [2.24, 2.45) is 11.3 Å². The van der Waals surface area contributed by atoms with E-state index in [9.17, 15) is 4.79 Å². The van der Waals surface area contributed by atoms with E-state index in [1.54, 1.807) is 11.3 Å². The number of aryl methyl sites for hydroxylation is 1. The average Bonchev–Trinajstić information content (AvgIpc) is 2.96. The van der Waals surface area contributed by atoms with Crippen LogP contribution in [0.2, 0.25) is 0 Å². The Morgan fingerprint density at radius 3 is 2.79 bits per heavy atom. The molecule has 8 heteroatoms. The predicted octanol–water partition coefficient (Wildman–Crippen LogP) is 3.19. The number of carbonyl (C=O) groups excluding carboxylic acids is 1. The maximum atomic E-state index is 12.0. The molecule has 0 saturated heterocycles. The molecule has 1 unspecified atom stereocenters. The summed E-state index contributed by atoms with van der Waals surface area (Å²) in [4.78, 5) is 25.6. The number of amides is 1. The molecular weight excluding hydrogens is 390 g/mol. The summed E-state index contributed by atoms with van der Waals surface area (Å²) in [5.74, 6) is 1.53. The lowest BCUT2D eigenvalue weighted by Crippen LogP contribution is -2.32. The van der Waals surface area contributed by atoms with E-state index < -0.39 is 0 Å². The van der Waals surface area contributed by atoms with Crippen molar-refractivity contribution < 1.29 is 4.79 Å². The van der Waals surface area contributed by atoms with E-state index in [4.69, 9.17) is 10.7 Å². The van der Waals surface area contributed by atoms with Crippen molar-refractivity contribution in [1.82, 2.24) is 20.2 Å². The van der Waals surface area contributed by atoms with Gasteiger partial charge in [0.25, 0.3) is 0 Å². The van der Waals surface area contributed by atoms with Crippen LogP contribution in [0, 0.1) is 11.3 Å². The molecule has 0 radical (unpaired) electrons. The van der Waals surface area contributed by atoms with Crippen LogP contribution in [0.4, 0.5) is 5.82 Å². The fourth-order valence-corrected chi connectivity index (χ4v) is 5.63. The lowest BCUT2D eigenvalue weighted by atomic mass is 9.72. The largest absolute Gasteiger partial charge is 0.383 e. The highest BCUT2D eigenvalue weighted by Crippen LogP contribution is 2.44. The third-order valence-corrected chi connectivity index (χ3v) is 7.35. The van der Waals surface area contributed by atoms with E-state index in [0.717, 1.165) is 29.6 Å². The van der Waals surface area contributed by atoms with E-state index in [1.807, 2.05) is 19.0 Å². The van der Waals surface area contributed by atoms with E-state index in [2.05, 4.69) is 31.1 Å². The molecular formula is C20H31N5OS2. The van der Waals surface area contributed by atoms with Gasteiger partial charge in [-0.25, -0.2) is 9.97 Å². The first-order valence-corrected chi connectivity index (χ1v) is 11.6. The second-order valence-electron chi connectivity index (χ2n) is 8.82. The smallest absolute Gasteiger partial charge is 0.230 e. The van der Waals surface area contributed by atoms with Crippen molar-refractivity contribution in [3.63, 3.8) is 0 Å². The van der Waals surface area contributed by atoms with E-state index >= 15 is 0 Å². The van der Waals surface area contributed by atoms with E-state index in [1.165, 1.54) is 28.6 Å². The summed E-state index contributed by atoms with van der Waals surface area (Å²) < 4.78 is 0. The Bertz CT molecular complexity index is 856. The number of nitrogens with two attached hydrogens (primary N) is 1. The van der Waals surface area contributed by atoms with Gasteiger partial charge in [0.05, 0.1) is 11.1 Å². The summed E-state index contributed by atoms with van der Waals surface area (Å²) in [6, 6.07) is 0. The fourth-order valence-electron chi connectivity index (χ4n) is 3.59. The first-order valence-electron chi connectivity index (χ1n) is 9.77. The van der Waals surface area contributed by atoms with Crippen molar-refractivity contribution in [1.29, 1.82) is 0 Å². The molecule has 154 valence electrons. The van der Waals surface area contributed by atoms with Crippen LogP contribution < -0.4 is 11.1 Å². The number of likely N-dealkylation sites (N-methyl/N-ethyl adjacent to an activating group) is 1. The molecule has 0 saturated carbocycles. The van der Waals surface area contributed by atoms with Gasteiger partial charge < -0.3 is 16.0 Å². The molecule has 0 aliphatic heterocycles. The Kier molecular flexibility index (Phi) is 6.51. The number of aromatic nitrogens is 2. The van der Waals surface area contributed by atoms with E-state index in [-0.39, 0.29) is 5.91 Å². The number of carbonyl (C=O) groups is 1. The summed E-state index contributed by atoms with van der Waals surface area (Å²) >= 11 is 3.09. The lowest BCUT2D eigenvalue weighted by molar-refractivity contribution is -0.118. The molecule has 0 spiro atoms. The van der Waals surface area contributed by atoms with Crippen molar-refractivity contribution in [3.05, 3.63) is 10.4 Å². The molecule has 1 aliphatic rings. The van der Waals surface area contributed by atoms with Crippen LogP contribution in [0.25, 0.3) is 10.2 Å². The molecule has 1 atom stereocenters. The van der Waals surface area contributed by atoms with Gasteiger partial charge in [0.15, 0.2) is 5.16 Å². The van der Waals surface area contributed by atoms with Crippen LogP contribution in [0.3, 0.4) is 0 Å². The minimum Gasteiger partial charge on any atom is -0.383 e. The van der Waals surface area contributed by atoms with Crippen LogP contribution in [-0.4, -0.2) is 53.7 Å². The molecule has 28 heavy (non-hydrogen) atoms. The lowest BCUT2D eigenvalue weighted by Gasteiger charge is -2.33. The van der Waals surface area contributed by atoms with E-state index in [0.29, 0.717) is 34.6 Å². The number of nitrogens with zero attached hydrogens (tertiary/aromatic N) is 3. The third kappa shape index (κ3) is 4.96. The molecule has 3 rings (SSSR count). The molecule has 1 aliphatic carbocycles. The van der Waals surface area contributed by atoms with Gasteiger partial charge in [-0.05, 0) is 50.3 Å². The normalized spacial score (nSPS) is 17.1. The highest BCUT2D eigenvalue weighted by Gasteiger charge is 2.31. The average molecular weight is 422 g/mol. The second-order valence-corrected chi connectivity index (χ2v) is 10.8. The summed E-state index contributed by atoms with van der Waals surface area (Å²) in [5.41, 5.74) is 7.96. The van der Waals surface area contributed by atoms with Gasteiger partial charge in [-0.15, -0.1) is 11.3 Å². The van der Waals surface area contributed by atoms with Crippen LogP contribution >= 0.6 is 23.1 Å². The van der Waals surface area contributed by atoms with Crippen molar-refractivity contribution in [3.8, 4) is 0 Å². The number of hydrogen-bond acceptors (Lipinski definition) is 7. The standard InChI is InChI=1S/C20H31N5OS2/c1-20(2,3)12-6-7-13-14(10-12)28-18-16(13)17(21)23-19(24-18)27-11-15(26)22-8-9-25(4)5/h12H,6-11H2,1-5H3,(H,22,26)(H2,21,23,24).